The van der Waals surface area contributed by atoms with Crippen LogP contribution in [0.1, 0.15) is 69.1 Å². The van der Waals surface area contributed by atoms with Crippen LogP contribution in [-0.4, -0.2) is 63.3 Å². The summed E-state index contributed by atoms with van der Waals surface area (Å²) in [6, 6.07) is 2.05. The molecular formula is C19H30N4O3. The number of nitrogens with one attached hydrogen (secondary N) is 1. The molecule has 2 saturated heterocycles. The number of carbonyl (C=O) groups is 2. The number of nitrogens with zero attached hydrogens (tertiary/aromatic N) is 3. The van der Waals surface area contributed by atoms with E-state index in [2.05, 4.69) is 31.0 Å². The number of piperidine rings is 1. The van der Waals surface area contributed by atoms with Crippen molar-refractivity contribution >= 4 is 12.0 Å². The van der Waals surface area contributed by atoms with Gasteiger partial charge >= 0.3 is 6.09 Å². The van der Waals surface area contributed by atoms with Crippen molar-refractivity contribution in [3.63, 3.8) is 0 Å². The van der Waals surface area contributed by atoms with Crippen molar-refractivity contribution in [1.82, 2.24) is 20.0 Å². The largest absolute Gasteiger partial charge is 0.441 e. The van der Waals surface area contributed by atoms with Crippen LogP contribution in [0.15, 0.2) is 6.07 Å². The minimum absolute atomic E-state index is 0.0426. The molecule has 144 valence electrons. The molecule has 0 aromatic carbocycles. The van der Waals surface area contributed by atoms with Crippen LogP contribution in [0.4, 0.5) is 4.79 Å². The highest BCUT2D eigenvalue weighted by molar-refractivity contribution is 5.92. The molecule has 1 spiro atoms. The van der Waals surface area contributed by atoms with Gasteiger partial charge in [0.05, 0.1) is 6.54 Å². The molecule has 7 heteroatoms. The normalized spacial score (nSPS) is 20.5. The molecule has 0 radical (unpaired) electrons. The van der Waals surface area contributed by atoms with Crippen LogP contribution in [0.5, 0.6) is 0 Å². The highest BCUT2D eigenvalue weighted by atomic mass is 16.6. The van der Waals surface area contributed by atoms with E-state index in [1.165, 1.54) is 0 Å². The summed E-state index contributed by atoms with van der Waals surface area (Å²) >= 11 is 0. The molecule has 1 atom stereocenters. The number of aromatic nitrogens is 2. The molecule has 0 bridgehead atoms. The maximum Gasteiger partial charge on any atom is 0.410 e. The third-order valence-electron chi connectivity index (χ3n) is 5.57. The van der Waals surface area contributed by atoms with Gasteiger partial charge in [0.25, 0.3) is 5.91 Å². The Morgan fingerprint density at radius 3 is 2.73 bits per heavy atom. The molecule has 0 aliphatic carbocycles. The predicted octanol–water partition coefficient (Wildman–Crippen LogP) is 2.98. The Balaban J connectivity index is 1.58. The molecule has 2 amide bonds. The lowest BCUT2D eigenvalue weighted by Gasteiger charge is -2.37. The second-order valence-corrected chi connectivity index (χ2v) is 7.64. The molecule has 2 fully saturated rings. The monoisotopic (exact) mass is 362 g/mol. The number of ether oxygens (including phenoxy) is 1. The number of amides is 2. The summed E-state index contributed by atoms with van der Waals surface area (Å²) in [4.78, 5) is 28.6. The van der Waals surface area contributed by atoms with Crippen molar-refractivity contribution < 1.29 is 14.3 Å². The fraction of sp³-hybridized carbons (Fsp3) is 0.737. The van der Waals surface area contributed by atoms with E-state index in [0.29, 0.717) is 38.2 Å². The van der Waals surface area contributed by atoms with Crippen molar-refractivity contribution in [2.75, 3.05) is 19.6 Å². The topological polar surface area (TPSA) is 78.5 Å². The van der Waals surface area contributed by atoms with Gasteiger partial charge in [0, 0.05) is 37.7 Å². The molecule has 0 unspecified atom stereocenters. The lowest BCUT2D eigenvalue weighted by atomic mass is 9.90. The predicted molar refractivity (Wildman–Crippen MR) is 98.0 cm³/mol. The Bertz CT molecular complexity index is 649. The number of rotatable bonds is 6. The van der Waals surface area contributed by atoms with Crippen LogP contribution >= 0.6 is 0 Å². The SMILES string of the molecule is CCCc1cc(C(=O)N2CCC3(CC2)CN([C@H](C)CCC)C(=O)O3)n[nH]1. The van der Waals surface area contributed by atoms with Crippen LogP contribution in [-0.2, 0) is 11.2 Å². The minimum atomic E-state index is -0.436. The number of aromatic amines is 1. The standard InChI is InChI=1S/C19H30N4O3/c1-4-6-14(3)23-13-19(26-18(23)25)8-10-22(11-9-19)17(24)16-12-15(7-5-2)20-21-16/h12,14H,4-11,13H2,1-3H3,(H,20,21)/t14-/m1/s1. The van der Waals surface area contributed by atoms with Gasteiger partial charge in [0.2, 0.25) is 0 Å². The first-order chi connectivity index (χ1) is 12.5. The molecule has 1 N–H and O–H groups in total. The average Bonchev–Trinajstić information content (AvgIpc) is 3.21. The van der Waals surface area contributed by atoms with Crippen LogP contribution in [0, 0.1) is 0 Å². The van der Waals surface area contributed by atoms with E-state index in [4.69, 9.17) is 4.74 Å². The minimum Gasteiger partial charge on any atom is -0.441 e. The van der Waals surface area contributed by atoms with Crippen molar-refractivity contribution in [2.45, 2.75) is 70.9 Å². The Hall–Kier alpha value is -2.05. The Kier molecular flexibility index (Phi) is 5.53. The van der Waals surface area contributed by atoms with Crippen LogP contribution in [0.3, 0.4) is 0 Å². The second kappa shape index (κ2) is 7.68. The molecule has 1 aromatic heterocycles. The Morgan fingerprint density at radius 1 is 1.35 bits per heavy atom. The van der Waals surface area contributed by atoms with Gasteiger partial charge in [-0.1, -0.05) is 26.7 Å². The zero-order valence-electron chi connectivity index (χ0n) is 16.1. The first-order valence-electron chi connectivity index (χ1n) is 9.81. The van der Waals surface area contributed by atoms with E-state index < -0.39 is 5.60 Å². The van der Waals surface area contributed by atoms with Gasteiger partial charge in [-0.3, -0.25) is 9.89 Å². The number of carbonyl (C=O) groups excluding carboxylic acids is 2. The summed E-state index contributed by atoms with van der Waals surface area (Å²) in [5, 5.41) is 7.09. The summed E-state index contributed by atoms with van der Waals surface area (Å²) < 4.78 is 5.77. The maximum absolute atomic E-state index is 12.7. The first kappa shape index (κ1) is 18.7. The molecular weight excluding hydrogens is 332 g/mol. The number of hydrogen-bond donors (Lipinski definition) is 1. The summed E-state index contributed by atoms with van der Waals surface area (Å²) in [6.45, 7) is 8.13. The highest BCUT2D eigenvalue weighted by Crippen LogP contribution is 2.35. The quantitative estimate of drug-likeness (QED) is 0.844. The summed E-state index contributed by atoms with van der Waals surface area (Å²) in [5.41, 5.74) is 1.04. The van der Waals surface area contributed by atoms with E-state index in [1.807, 2.05) is 15.9 Å². The molecule has 7 nitrogen and oxygen atoms in total. The van der Waals surface area contributed by atoms with E-state index in [1.54, 1.807) is 0 Å². The fourth-order valence-corrected chi connectivity index (χ4v) is 3.97. The van der Waals surface area contributed by atoms with Gasteiger partial charge in [0.15, 0.2) is 0 Å². The number of hydrogen-bond acceptors (Lipinski definition) is 4. The van der Waals surface area contributed by atoms with Crippen molar-refractivity contribution in [3.8, 4) is 0 Å². The molecule has 1 aromatic rings. The van der Waals surface area contributed by atoms with E-state index in [0.717, 1.165) is 31.4 Å². The van der Waals surface area contributed by atoms with E-state index in [9.17, 15) is 9.59 Å². The van der Waals surface area contributed by atoms with Crippen molar-refractivity contribution in [2.24, 2.45) is 0 Å². The van der Waals surface area contributed by atoms with Gasteiger partial charge < -0.3 is 14.5 Å². The lowest BCUT2D eigenvalue weighted by molar-refractivity contribution is 0.00289. The van der Waals surface area contributed by atoms with Gasteiger partial charge in [-0.05, 0) is 25.8 Å². The van der Waals surface area contributed by atoms with Crippen molar-refractivity contribution in [3.05, 3.63) is 17.5 Å². The average molecular weight is 362 g/mol. The first-order valence-corrected chi connectivity index (χ1v) is 9.81. The van der Waals surface area contributed by atoms with Gasteiger partial charge in [-0.2, -0.15) is 5.10 Å². The second-order valence-electron chi connectivity index (χ2n) is 7.64. The molecule has 2 aliphatic rings. The molecule has 3 heterocycles. The summed E-state index contributed by atoms with van der Waals surface area (Å²) in [6.07, 6.45) is 5.10. The van der Waals surface area contributed by atoms with Crippen LogP contribution in [0.2, 0.25) is 0 Å². The van der Waals surface area contributed by atoms with E-state index >= 15 is 0 Å². The lowest BCUT2D eigenvalue weighted by Crippen LogP contribution is -2.49. The molecule has 3 rings (SSSR count). The van der Waals surface area contributed by atoms with Gasteiger partial charge in [0.1, 0.15) is 11.3 Å². The third kappa shape index (κ3) is 3.71. The van der Waals surface area contributed by atoms with Gasteiger partial charge in [-0.15, -0.1) is 0 Å². The summed E-state index contributed by atoms with van der Waals surface area (Å²) in [5.74, 6) is -0.0426. The fourth-order valence-electron chi connectivity index (χ4n) is 3.97. The van der Waals surface area contributed by atoms with Crippen LogP contribution in [0.25, 0.3) is 0 Å². The third-order valence-corrected chi connectivity index (χ3v) is 5.57. The Labute approximate surface area is 155 Å². The number of likely N-dealkylation sites (tertiary alicyclic amines) is 1. The smallest absolute Gasteiger partial charge is 0.410 e. The molecule has 2 aliphatic heterocycles. The molecule has 0 saturated carbocycles. The zero-order valence-corrected chi connectivity index (χ0v) is 16.1. The zero-order chi connectivity index (χ0) is 18.7. The maximum atomic E-state index is 12.7. The number of H-pyrrole nitrogens is 1. The number of aryl methyl sites for hydroxylation is 1. The van der Waals surface area contributed by atoms with Crippen LogP contribution < -0.4 is 0 Å². The van der Waals surface area contributed by atoms with Crippen molar-refractivity contribution in [1.29, 1.82) is 0 Å². The molecule has 26 heavy (non-hydrogen) atoms. The Morgan fingerprint density at radius 2 is 2.08 bits per heavy atom. The van der Waals surface area contributed by atoms with Gasteiger partial charge in [-0.25, -0.2) is 4.79 Å². The highest BCUT2D eigenvalue weighted by Gasteiger charge is 2.48. The summed E-state index contributed by atoms with van der Waals surface area (Å²) in [7, 11) is 0. The van der Waals surface area contributed by atoms with E-state index in [-0.39, 0.29) is 18.0 Å².